The average Bonchev–Trinajstić information content (AvgIpc) is 2.61. The van der Waals surface area contributed by atoms with Crippen LogP contribution in [0.5, 0.6) is 0 Å². The topological polar surface area (TPSA) is 26.7 Å². The molecule has 1 unspecified atom stereocenters. The fourth-order valence-electron chi connectivity index (χ4n) is 2.85. The minimum Gasteiger partial charge on any atom is -0.390 e. The van der Waals surface area contributed by atoms with E-state index < -0.39 is 0 Å². The maximum Gasteiger partial charge on any atom is 0.109 e. The monoisotopic (exact) mass is 204 g/mol. The molecule has 0 radical (unpaired) electrons. The van der Waals surface area contributed by atoms with Crippen LogP contribution in [0, 0.1) is 0 Å². The molecular weight excluding hydrogens is 188 g/mol. The van der Waals surface area contributed by atoms with Crippen LogP contribution in [0.15, 0.2) is 24.3 Å². The van der Waals surface area contributed by atoms with E-state index in [1.807, 2.05) is 0 Å². The first-order valence-electron chi connectivity index (χ1n) is 5.50. The summed E-state index contributed by atoms with van der Waals surface area (Å²) < 4.78 is 0. The molecule has 0 bridgehead atoms. The summed E-state index contributed by atoms with van der Waals surface area (Å²) in [6, 6.07) is 8.45. The summed E-state index contributed by atoms with van der Waals surface area (Å²) in [5.41, 5.74) is 2.63. The number of hydrogen-bond donors (Lipinski definition) is 1. The predicted molar refractivity (Wildman–Crippen MR) is 59.7 cm³/mol. The summed E-state index contributed by atoms with van der Waals surface area (Å²) in [6.45, 7) is 1.98. The molecule has 1 fully saturated rings. The van der Waals surface area contributed by atoms with Crippen LogP contribution in [0.25, 0.3) is 0 Å². The van der Waals surface area contributed by atoms with Crippen LogP contribution in [-0.4, -0.2) is 35.9 Å². The molecule has 0 spiro atoms. The third-order valence-electron chi connectivity index (χ3n) is 3.57. The second-order valence-electron chi connectivity index (χ2n) is 4.48. The van der Waals surface area contributed by atoms with Crippen LogP contribution >= 0.6 is 0 Å². The molecule has 3 nitrogen and oxygen atoms in total. The van der Waals surface area contributed by atoms with E-state index in [2.05, 4.69) is 41.1 Å². The van der Waals surface area contributed by atoms with Crippen molar-refractivity contribution < 1.29 is 5.11 Å². The van der Waals surface area contributed by atoms with Crippen molar-refractivity contribution in [3.8, 4) is 0 Å². The zero-order chi connectivity index (χ0) is 10.4. The van der Waals surface area contributed by atoms with Gasteiger partial charge < -0.3 is 10.0 Å². The SMILES string of the molecule is CN1c2ccccc2CN2CC[C@@H](O)C21. The molecule has 2 atom stereocenters. The second-order valence-corrected chi connectivity index (χ2v) is 4.48. The molecule has 80 valence electrons. The molecule has 2 aliphatic heterocycles. The van der Waals surface area contributed by atoms with Gasteiger partial charge in [0.05, 0.1) is 6.10 Å². The van der Waals surface area contributed by atoms with Crippen molar-refractivity contribution in [2.45, 2.75) is 25.2 Å². The molecule has 3 rings (SSSR count). The summed E-state index contributed by atoms with van der Waals surface area (Å²) in [7, 11) is 2.07. The van der Waals surface area contributed by atoms with Gasteiger partial charge in [0.25, 0.3) is 0 Å². The van der Waals surface area contributed by atoms with E-state index in [9.17, 15) is 5.11 Å². The van der Waals surface area contributed by atoms with Gasteiger partial charge in [-0.3, -0.25) is 4.90 Å². The van der Waals surface area contributed by atoms with Gasteiger partial charge in [-0.05, 0) is 18.1 Å². The number of fused-ring (bicyclic) bond motifs is 2. The molecule has 2 heterocycles. The zero-order valence-electron chi connectivity index (χ0n) is 8.93. The highest BCUT2D eigenvalue weighted by molar-refractivity contribution is 5.55. The Balaban J connectivity index is 2.03. The first kappa shape index (κ1) is 9.19. The van der Waals surface area contributed by atoms with Crippen molar-refractivity contribution in [3.63, 3.8) is 0 Å². The number of para-hydroxylation sites is 1. The summed E-state index contributed by atoms with van der Waals surface area (Å²) in [4.78, 5) is 4.56. The van der Waals surface area contributed by atoms with Crippen molar-refractivity contribution >= 4 is 5.69 Å². The predicted octanol–water partition coefficient (Wildman–Crippen LogP) is 1.03. The Hall–Kier alpha value is -1.06. The number of aliphatic hydroxyl groups excluding tert-OH is 1. The van der Waals surface area contributed by atoms with Crippen molar-refractivity contribution in [1.82, 2.24) is 4.90 Å². The van der Waals surface area contributed by atoms with E-state index in [0.717, 1.165) is 19.5 Å². The van der Waals surface area contributed by atoms with Crippen LogP contribution in [0.2, 0.25) is 0 Å². The van der Waals surface area contributed by atoms with Gasteiger partial charge in [0.1, 0.15) is 6.17 Å². The Morgan fingerprint density at radius 3 is 3.00 bits per heavy atom. The van der Waals surface area contributed by atoms with E-state index in [-0.39, 0.29) is 12.3 Å². The third-order valence-corrected chi connectivity index (χ3v) is 3.57. The van der Waals surface area contributed by atoms with Crippen LogP contribution in [0.4, 0.5) is 5.69 Å². The van der Waals surface area contributed by atoms with E-state index in [1.165, 1.54) is 11.3 Å². The van der Waals surface area contributed by atoms with Crippen LogP contribution in [0.1, 0.15) is 12.0 Å². The van der Waals surface area contributed by atoms with Crippen molar-refractivity contribution in [2.24, 2.45) is 0 Å². The largest absolute Gasteiger partial charge is 0.390 e. The second kappa shape index (κ2) is 3.22. The van der Waals surface area contributed by atoms with Gasteiger partial charge in [-0.1, -0.05) is 18.2 Å². The lowest BCUT2D eigenvalue weighted by molar-refractivity contribution is 0.107. The summed E-state index contributed by atoms with van der Waals surface area (Å²) in [5, 5.41) is 9.94. The number of benzene rings is 1. The van der Waals surface area contributed by atoms with Crippen molar-refractivity contribution in [3.05, 3.63) is 29.8 Å². The summed E-state index contributed by atoms with van der Waals surface area (Å²) in [5.74, 6) is 0. The van der Waals surface area contributed by atoms with Crippen LogP contribution in [0.3, 0.4) is 0 Å². The van der Waals surface area contributed by atoms with Crippen molar-refractivity contribution in [1.29, 1.82) is 0 Å². The first-order chi connectivity index (χ1) is 7.27. The molecule has 1 saturated heterocycles. The van der Waals surface area contributed by atoms with E-state index in [0.29, 0.717) is 0 Å². The van der Waals surface area contributed by atoms with Crippen molar-refractivity contribution in [2.75, 3.05) is 18.5 Å². The number of rotatable bonds is 0. The quantitative estimate of drug-likeness (QED) is 0.683. The number of nitrogens with zero attached hydrogens (tertiary/aromatic N) is 2. The number of anilines is 1. The highest BCUT2D eigenvalue weighted by atomic mass is 16.3. The van der Waals surface area contributed by atoms with E-state index in [4.69, 9.17) is 0 Å². The highest BCUT2D eigenvalue weighted by Crippen LogP contribution is 2.34. The molecule has 0 saturated carbocycles. The van der Waals surface area contributed by atoms with Gasteiger partial charge in [0.15, 0.2) is 0 Å². The minimum absolute atomic E-state index is 0.180. The Labute approximate surface area is 89.9 Å². The lowest BCUT2D eigenvalue weighted by Crippen LogP contribution is -2.50. The summed E-state index contributed by atoms with van der Waals surface area (Å²) in [6.07, 6.45) is 0.867. The molecule has 1 aromatic rings. The standard InChI is InChI=1S/C12H16N2O/c1-13-10-5-3-2-4-9(10)8-14-7-6-11(15)12(13)14/h2-5,11-12,15H,6-8H2,1H3/t11-,12?/m1/s1. The lowest BCUT2D eigenvalue weighted by atomic mass is 10.1. The average molecular weight is 204 g/mol. The van der Waals surface area contributed by atoms with E-state index >= 15 is 0 Å². The zero-order valence-corrected chi connectivity index (χ0v) is 8.93. The molecule has 3 heteroatoms. The third kappa shape index (κ3) is 1.27. The van der Waals surface area contributed by atoms with Gasteiger partial charge in [0.2, 0.25) is 0 Å². The van der Waals surface area contributed by atoms with E-state index in [1.54, 1.807) is 0 Å². The minimum atomic E-state index is -0.205. The molecule has 15 heavy (non-hydrogen) atoms. The maximum atomic E-state index is 9.94. The molecule has 2 aliphatic rings. The van der Waals surface area contributed by atoms with Crippen LogP contribution in [-0.2, 0) is 6.54 Å². The Bertz CT molecular complexity index is 380. The number of likely N-dealkylation sites (N-methyl/N-ethyl adjacent to an activating group) is 1. The lowest BCUT2D eigenvalue weighted by Gasteiger charge is -2.41. The van der Waals surface area contributed by atoms with Crippen LogP contribution < -0.4 is 4.90 Å². The normalized spacial score (nSPS) is 30.1. The number of hydrogen-bond acceptors (Lipinski definition) is 3. The van der Waals surface area contributed by atoms with Gasteiger partial charge in [-0.25, -0.2) is 0 Å². The Morgan fingerprint density at radius 2 is 2.13 bits per heavy atom. The Morgan fingerprint density at radius 1 is 1.33 bits per heavy atom. The molecule has 1 aromatic carbocycles. The molecule has 0 amide bonds. The molecular formula is C12H16N2O. The summed E-state index contributed by atoms with van der Waals surface area (Å²) >= 11 is 0. The maximum absolute atomic E-state index is 9.94. The molecule has 0 aliphatic carbocycles. The first-order valence-corrected chi connectivity index (χ1v) is 5.50. The van der Waals surface area contributed by atoms with Gasteiger partial charge >= 0.3 is 0 Å². The molecule has 0 aromatic heterocycles. The smallest absolute Gasteiger partial charge is 0.109 e. The Kier molecular flexibility index (Phi) is 1.97. The molecule has 1 N–H and O–H groups in total. The van der Waals surface area contributed by atoms with Gasteiger partial charge in [0, 0.05) is 25.8 Å². The van der Waals surface area contributed by atoms with Gasteiger partial charge in [-0.15, -0.1) is 0 Å². The van der Waals surface area contributed by atoms with Gasteiger partial charge in [-0.2, -0.15) is 0 Å². The number of aliphatic hydroxyl groups is 1. The highest BCUT2D eigenvalue weighted by Gasteiger charge is 2.39. The fraction of sp³-hybridized carbons (Fsp3) is 0.500. The fourth-order valence-corrected chi connectivity index (χ4v) is 2.85.